The first-order valence-electron chi connectivity index (χ1n) is 9.69. The molecule has 2 heterocycles. The molecule has 150 valence electrons. The highest BCUT2D eigenvalue weighted by molar-refractivity contribution is 5.93. The number of aryl methyl sites for hydroxylation is 1. The number of amides is 1. The number of H-pyrrole nitrogens is 1. The molecule has 1 aliphatic rings. The molecule has 0 radical (unpaired) electrons. The topological polar surface area (TPSA) is 69.3 Å². The summed E-state index contributed by atoms with van der Waals surface area (Å²) in [6.07, 6.45) is 2.18. The Morgan fingerprint density at radius 1 is 1.29 bits per heavy atom. The standard InChI is InChI=1S/C21H27FN4O2/c1-14(2)19-13-26(21(28)18-11-23-15(3)24-20(18)27)10-4-9-25(19)12-16-5-7-17(22)8-6-16/h5-8,11,14,19H,4,9-10,12-13H2,1-3H3,(H,23,24,27)/t19-/m0/s1. The second-order valence-corrected chi connectivity index (χ2v) is 7.72. The number of nitrogens with zero attached hydrogens (tertiary/aromatic N) is 3. The van der Waals surface area contributed by atoms with E-state index >= 15 is 0 Å². The summed E-state index contributed by atoms with van der Waals surface area (Å²) < 4.78 is 13.2. The van der Waals surface area contributed by atoms with Crippen LogP contribution >= 0.6 is 0 Å². The first-order chi connectivity index (χ1) is 13.3. The molecule has 1 N–H and O–H groups in total. The lowest BCUT2D eigenvalue weighted by atomic mass is 10.0. The van der Waals surface area contributed by atoms with Crippen LogP contribution in [0, 0.1) is 18.7 Å². The van der Waals surface area contributed by atoms with Gasteiger partial charge >= 0.3 is 0 Å². The van der Waals surface area contributed by atoms with Crippen molar-refractivity contribution in [1.29, 1.82) is 0 Å². The number of carbonyl (C=O) groups is 1. The Balaban J connectivity index is 1.79. The lowest BCUT2D eigenvalue weighted by Gasteiger charge is -2.34. The van der Waals surface area contributed by atoms with Gasteiger partial charge < -0.3 is 9.88 Å². The highest BCUT2D eigenvalue weighted by atomic mass is 19.1. The molecule has 1 aromatic carbocycles. The predicted molar refractivity (Wildman–Crippen MR) is 106 cm³/mol. The molecule has 1 atom stereocenters. The molecule has 3 rings (SSSR count). The van der Waals surface area contributed by atoms with Crippen molar-refractivity contribution in [1.82, 2.24) is 19.8 Å². The van der Waals surface area contributed by atoms with Crippen molar-refractivity contribution >= 4 is 5.91 Å². The van der Waals surface area contributed by atoms with E-state index in [0.717, 1.165) is 18.5 Å². The normalized spacial score (nSPS) is 18.3. The summed E-state index contributed by atoms with van der Waals surface area (Å²) in [6, 6.07) is 6.71. The summed E-state index contributed by atoms with van der Waals surface area (Å²) in [6.45, 7) is 8.64. The van der Waals surface area contributed by atoms with Gasteiger partial charge in [0.05, 0.1) is 0 Å². The molecule has 1 fully saturated rings. The highest BCUT2D eigenvalue weighted by Crippen LogP contribution is 2.21. The quantitative estimate of drug-likeness (QED) is 0.877. The van der Waals surface area contributed by atoms with Crippen molar-refractivity contribution < 1.29 is 9.18 Å². The van der Waals surface area contributed by atoms with Crippen molar-refractivity contribution in [2.24, 2.45) is 5.92 Å². The number of rotatable bonds is 4. The molecule has 7 heteroatoms. The Bertz CT molecular complexity index is 879. The number of nitrogens with one attached hydrogen (secondary N) is 1. The van der Waals surface area contributed by atoms with Crippen LogP contribution in [0.1, 0.15) is 42.0 Å². The molecule has 1 saturated heterocycles. The molecule has 28 heavy (non-hydrogen) atoms. The fourth-order valence-electron chi connectivity index (χ4n) is 3.71. The van der Waals surface area contributed by atoms with Crippen LogP contribution in [-0.4, -0.2) is 51.4 Å². The van der Waals surface area contributed by atoms with Gasteiger partial charge in [-0.2, -0.15) is 0 Å². The average Bonchev–Trinajstić information content (AvgIpc) is 2.86. The zero-order chi connectivity index (χ0) is 20.3. The van der Waals surface area contributed by atoms with Crippen molar-refractivity contribution in [3.63, 3.8) is 0 Å². The van der Waals surface area contributed by atoms with Crippen molar-refractivity contribution in [3.8, 4) is 0 Å². The van der Waals surface area contributed by atoms with Crippen molar-refractivity contribution in [3.05, 3.63) is 63.6 Å². The largest absolute Gasteiger partial charge is 0.337 e. The fraction of sp³-hybridized carbons (Fsp3) is 0.476. The van der Waals surface area contributed by atoms with Gasteiger partial charge in [-0.25, -0.2) is 9.37 Å². The Hall–Kier alpha value is -2.54. The van der Waals surface area contributed by atoms with Crippen LogP contribution in [-0.2, 0) is 6.54 Å². The van der Waals surface area contributed by atoms with Gasteiger partial charge in [0.25, 0.3) is 11.5 Å². The third-order valence-corrected chi connectivity index (χ3v) is 5.26. The Labute approximate surface area is 164 Å². The number of aromatic nitrogens is 2. The van der Waals surface area contributed by atoms with Crippen LogP contribution in [0.4, 0.5) is 4.39 Å². The molecular weight excluding hydrogens is 359 g/mol. The smallest absolute Gasteiger partial charge is 0.263 e. The van der Waals surface area contributed by atoms with Crippen molar-refractivity contribution in [2.75, 3.05) is 19.6 Å². The summed E-state index contributed by atoms with van der Waals surface area (Å²) in [7, 11) is 0. The van der Waals surface area contributed by atoms with Crippen LogP contribution in [0.3, 0.4) is 0 Å². The summed E-state index contributed by atoms with van der Waals surface area (Å²) in [4.78, 5) is 35.9. The van der Waals surface area contributed by atoms with Gasteiger partial charge in [0.1, 0.15) is 17.2 Å². The molecule has 0 bridgehead atoms. The molecule has 1 aliphatic heterocycles. The van der Waals surface area contributed by atoms with Crippen LogP contribution in [0.15, 0.2) is 35.3 Å². The van der Waals surface area contributed by atoms with E-state index < -0.39 is 5.56 Å². The summed E-state index contributed by atoms with van der Waals surface area (Å²) in [5, 5.41) is 0. The number of benzene rings is 1. The molecule has 0 spiro atoms. The second kappa shape index (κ2) is 8.65. The molecule has 1 aromatic heterocycles. The maximum absolute atomic E-state index is 13.2. The zero-order valence-corrected chi connectivity index (χ0v) is 16.6. The lowest BCUT2D eigenvalue weighted by molar-refractivity contribution is 0.0700. The van der Waals surface area contributed by atoms with E-state index in [4.69, 9.17) is 0 Å². The number of aromatic amines is 1. The highest BCUT2D eigenvalue weighted by Gasteiger charge is 2.30. The molecular formula is C21H27FN4O2. The maximum atomic E-state index is 13.2. The summed E-state index contributed by atoms with van der Waals surface area (Å²) >= 11 is 0. The van der Waals surface area contributed by atoms with Gasteiger partial charge in [0, 0.05) is 38.4 Å². The Kier molecular flexibility index (Phi) is 6.24. The molecule has 1 amide bonds. The van der Waals surface area contributed by atoms with E-state index in [-0.39, 0.29) is 23.3 Å². The minimum atomic E-state index is -0.397. The molecule has 6 nitrogen and oxygen atoms in total. The van der Waals surface area contributed by atoms with Crippen molar-refractivity contribution in [2.45, 2.75) is 39.8 Å². The molecule has 0 saturated carbocycles. The maximum Gasteiger partial charge on any atom is 0.263 e. The van der Waals surface area contributed by atoms with E-state index in [1.165, 1.54) is 18.3 Å². The first-order valence-corrected chi connectivity index (χ1v) is 9.69. The van der Waals surface area contributed by atoms with E-state index in [0.29, 0.717) is 31.4 Å². The number of hydrogen-bond acceptors (Lipinski definition) is 4. The van der Waals surface area contributed by atoms with Gasteiger partial charge in [-0.1, -0.05) is 26.0 Å². The van der Waals surface area contributed by atoms with Crippen LogP contribution in [0.25, 0.3) is 0 Å². The third-order valence-electron chi connectivity index (χ3n) is 5.26. The van der Waals surface area contributed by atoms with Gasteiger partial charge in [-0.05, 0) is 37.0 Å². The lowest BCUT2D eigenvalue weighted by Crippen LogP contribution is -2.46. The van der Waals surface area contributed by atoms with E-state index in [2.05, 4.69) is 28.7 Å². The predicted octanol–water partition coefficient (Wildman–Crippen LogP) is 2.59. The number of carbonyl (C=O) groups excluding carboxylic acids is 1. The van der Waals surface area contributed by atoms with Gasteiger partial charge in [-0.3, -0.25) is 14.5 Å². The summed E-state index contributed by atoms with van der Waals surface area (Å²) in [5.41, 5.74) is 0.733. The molecule has 0 unspecified atom stereocenters. The number of hydrogen-bond donors (Lipinski definition) is 1. The second-order valence-electron chi connectivity index (χ2n) is 7.72. The van der Waals surface area contributed by atoms with Gasteiger partial charge in [0.2, 0.25) is 0 Å². The van der Waals surface area contributed by atoms with Gasteiger partial charge in [-0.15, -0.1) is 0 Å². The minimum absolute atomic E-state index is 0.0834. The third kappa shape index (κ3) is 4.65. The van der Waals surface area contributed by atoms with Crippen LogP contribution in [0.5, 0.6) is 0 Å². The first kappa shape index (κ1) is 20.2. The number of halogens is 1. The molecule has 2 aromatic rings. The average molecular weight is 386 g/mol. The van der Waals surface area contributed by atoms with E-state index in [9.17, 15) is 14.0 Å². The SMILES string of the molecule is Cc1ncc(C(=O)N2CCCN(Cc3ccc(F)cc3)[C@H](C(C)C)C2)c(=O)[nH]1. The summed E-state index contributed by atoms with van der Waals surface area (Å²) in [5.74, 6) is 0.294. The van der Waals surface area contributed by atoms with Crippen LogP contribution in [0.2, 0.25) is 0 Å². The monoisotopic (exact) mass is 386 g/mol. The van der Waals surface area contributed by atoms with Crippen LogP contribution < -0.4 is 5.56 Å². The Morgan fingerprint density at radius 3 is 2.64 bits per heavy atom. The molecule has 0 aliphatic carbocycles. The van der Waals surface area contributed by atoms with E-state index in [1.807, 2.05) is 0 Å². The minimum Gasteiger partial charge on any atom is -0.337 e. The zero-order valence-electron chi connectivity index (χ0n) is 16.6. The van der Waals surface area contributed by atoms with Gasteiger partial charge in [0.15, 0.2) is 0 Å². The van der Waals surface area contributed by atoms with E-state index in [1.54, 1.807) is 24.0 Å². The fourth-order valence-corrected chi connectivity index (χ4v) is 3.71. The Morgan fingerprint density at radius 2 is 2.00 bits per heavy atom.